The van der Waals surface area contributed by atoms with Crippen molar-refractivity contribution in [3.63, 3.8) is 0 Å². The number of fused-ring (bicyclic) bond motifs is 1. The van der Waals surface area contributed by atoms with E-state index in [-0.39, 0.29) is 6.04 Å². The highest BCUT2D eigenvalue weighted by Gasteiger charge is 2.20. The van der Waals surface area contributed by atoms with E-state index >= 15 is 0 Å². The van der Waals surface area contributed by atoms with E-state index in [4.69, 9.17) is 0 Å². The predicted molar refractivity (Wildman–Crippen MR) is 96.9 cm³/mol. The molecule has 1 aromatic carbocycles. The lowest BCUT2D eigenvalue weighted by atomic mass is 10.1. The minimum absolute atomic E-state index is 0.263. The van der Waals surface area contributed by atoms with Gasteiger partial charge < -0.3 is 16.0 Å². The topological polar surface area (TPSA) is 90.1 Å². The Morgan fingerprint density at radius 1 is 1.28 bits per heavy atom. The lowest BCUT2D eigenvalue weighted by molar-refractivity contribution is 0.478. The van der Waals surface area contributed by atoms with Crippen molar-refractivity contribution in [1.82, 2.24) is 19.9 Å². The molecule has 126 valence electrons. The molecule has 1 fully saturated rings. The van der Waals surface area contributed by atoms with E-state index in [1.807, 2.05) is 30.3 Å². The third-order valence-electron chi connectivity index (χ3n) is 4.33. The number of imidazole rings is 1. The van der Waals surface area contributed by atoms with Gasteiger partial charge in [-0.2, -0.15) is 5.26 Å². The van der Waals surface area contributed by atoms with Gasteiger partial charge in [-0.05, 0) is 31.5 Å². The second kappa shape index (κ2) is 6.79. The zero-order valence-electron chi connectivity index (χ0n) is 13.7. The van der Waals surface area contributed by atoms with Crippen LogP contribution in [0.2, 0.25) is 0 Å². The Labute approximate surface area is 145 Å². The molecule has 0 unspecified atom stereocenters. The summed E-state index contributed by atoms with van der Waals surface area (Å²) in [7, 11) is 0. The monoisotopic (exact) mass is 333 g/mol. The van der Waals surface area contributed by atoms with Crippen LogP contribution in [0.4, 0.5) is 17.2 Å². The Bertz CT molecular complexity index is 904. The molecule has 0 aliphatic carbocycles. The number of para-hydroxylation sites is 1. The van der Waals surface area contributed by atoms with Gasteiger partial charge >= 0.3 is 0 Å². The number of aromatic nitrogens is 3. The lowest BCUT2D eigenvalue weighted by Crippen LogP contribution is -2.39. The fourth-order valence-electron chi connectivity index (χ4n) is 3.11. The van der Waals surface area contributed by atoms with Crippen LogP contribution >= 0.6 is 0 Å². The Hall–Kier alpha value is -3.11. The Morgan fingerprint density at radius 2 is 2.16 bits per heavy atom. The minimum atomic E-state index is 0.263. The van der Waals surface area contributed by atoms with E-state index in [1.54, 1.807) is 16.9 Å². The number of anilines is 3. The van der Waals surface area contributed by atoms with Crippen LogP contribution in [0.5, 0.6) is 0 Å². The largest absolute Gasteiger partial charge is 0.363 e. The van der Waals surface area contributed by atoms with Crippen molar-refractivity contribution in [2.45, 2.75) is 18.9 Å². The van der Waals surface area contributed by atoms with Crippen molar-refractivity contribution < 1.29 is 0 Å². The average Bonchev–Trinajstić information content (AvgIpc) is 3.12. The number of piperidine rings is 1. The van der Waals surface area contributed by atoms with Crippen molar-refractivity contribution in [3.8, 4) is 6.07 Å². The van der Waals surface area contributed by atoms with Crippen molar-refractivity contribution >= 4 is 22.8 Å². The van der Waals surface area contributed by atoms with Crippen LogP contribution in [0.1, 0.15) is 18.4 Å². The first-order chi connectivity index (χ1) is 12.3. The second-order valence-corrected chi connectivity index (χ2v) is 6.08. The molecule has 0 bridgehead atoms. The number of hydrogen-bond donors (Lipinski definition) is 3. The highest BCUT2D eigenvalue weighted by molar-refractivity contribution is 5.83. The normalized spacial score (nSPS) is 17.2. The molecule has 0 spiro atoms. The highest BCUT2D eigenvalue weighted by Crippen LogP contribution is 2.29. The second-order valence-electron chi connectivity index (χ2n) is 6.08. The molecule has 0 radical (unpaired) electrons. The first-order valence-corrected chi connectivity index (χ1v) is 8.42. The van der Waals surface area contributed by atoms with E-state index in [1.165, 1.54) is 0 Å². The summed E-state index contributed by atoms with van der Waals surface area (Å²) in [5, 5.41) is 24.5. The smallest absolute Gasteiger partial charge is 0.178 e. The molecule has 1 saturated heterocycles. The van der Waals surface area contributed by atoms with Gasteiger partial charge in [-0.25, -0.2) is 9.50 Å². The standard InChI is InChI=1S/C18H19N7/c19-11-15-16(22-13-5-2-1-3-6-13)18-21-9-10-25(18)24-17(15)23-14-7-4-8-20-12-14/h1-3,5-6,9-10,14,20,22H,4,7-8,12H2,(H,23,24)/t14-/m0/s1. The number of rotatable bonds is 4. The molecule has 25 heavy (non-hydrogen) atoms. The molecule has 0 saturated carbocycles. The molecule has 4 rings (SSSR count). The fraction of sp³-hybridized carbons (Fsp3) is 0.278. The van der Waals surface area contributed by atoms with Crippen molar-refractivity contribution in [2.24, 2.45) is 0 Å². The van der Waals surface area contributed by atoms with Gasteiger partial charge in [-0.15, -0.1) is 5.10 Å². The van der Waals surface area contributed by atoms with Crippen LogP contribution in [-0.4, -0.2) is 33.7 Å². The zero-order chi connectivity index (χ0) is 17.1. The van der Waals surface area contributed by atoms with Crippen molar-refractivity contribution in [2.75, 3.05) is 23.7 Å². The SMILES string of the molecule is N#Cc1c(N[C@H]2CCCNC2)nn2ccnc2c1Nc1ccccc1. The predicted octanol–water partition coefficient (Wildman–Crippen LogP) is 2.51. The summed E-state index contributed by atoms with van der Waals surface area (Å²) in [6, 6.07) is 12.3. The van der Waals surface area contributed by atoms with Gasteiger partial charge in [-0.1, -0.05) is 18.2 Å². The molecule has 3 N–H and O–H groups in total. The average molecular weight is 333 g/mol. The molecular formula is C18H19N7. The quantitative estimate of drug-likeness (QED) is 0.680. The molecule has 1 aliphatic rings. The van der Waals surface area contributed by atoms with Gasteiger partial charge in [-0.3, -0.25) is 0 Å². The van der Waals surface area contributed by atoms with Crippen LogP contribution < -0.4 is 16.0 Å². The van der Waals surface area contributed by atoms with Crippen LogP contribution in [0, 0.1) is 11.3 Å². The first-order valence-electron chi connectivity index (χ1n) is 8.42. The van der Waals surface area contributed by atoms with E-state index < -0.39 is 0 Å². The number of nitrogens with zero attached hydrogens (tertiary/aromatic N) is 4. The molecule has 0 amide bonds. The Balaban J connectivity index is 1.76. The van der Waals surface area contributed by atoms with Crippen LogP contribution in [0.3, 0.4) is 0 Å². The highest BCUT2D eigenvalue weighted by atomic mass is 15.3. The third kappa shape index (κ3) is 3.12. The summed E-state index contributed by atoms with van der Waals surface area (Å²) < 4.78 is 1.70. The van der Waals surface area contributed by atoms with E-state index in [9.17, 15) is 5.26 Å². The molecule has 1 aliphatic heterocycles. The van der Waals surface area contributed by atoms with Gasteiger partial charge in [0, 0.05) is 30.7 Å². The van der Waals surface area contributed by atoms with Crippen LogP contribution in [0.15, 0.2) is 42.7 Å². The molecule has 3 heterocycles. The Morgan fingerprint density at radius 3 is 2.92 bits per heavy atom. The van der Waals surface area contributed by atoms with Gasteiger partial charge in [0.15, 0.2) is 11.5 Å². The maximum Gasteiger partial charge on any atom is 0.178 e. The molecular weight excluding hydrogens is 314 g/mol. The van der Waals surface area contributed by atoms with Gasteiger partial charge in [0.1, 0.15) is 17.3 Å². The number of nitrogens with one attached hydrogen (secondary N) is 3. The van der Waals surface area contributed by atoms with E-state index in [0.717, 1.165) is 31.6 Å². The van der Waals surface area contributed by atoms with E-state index in [0.29, 0.717) is 22.7 Å². The minimum Gasteiger partial charge on any atom is -0.363 e. The maximum atomic E-state index is 9.78. The van der Waals surface area contributed by atoms with Gasteiger partial charge in [0.25, 0.3) is 0 Å². The summed E-state index contributed by atoms with van der Waals surface area (Å²) in [6.07, 6.45) is 5.65. The summed E-state index contributed by atoms with van der Waals surface area (Å²) >= 11 is 0. The molecule has 1 atom stereocenters. The van der Waals surface area contributed by atoms with Gasteiger partial charge in [0.05, 0.1) is 0 Å². The Kier molecular flexibility index (Phi) is 4.19. The van der Waals surface area contributed by atoms with Crippen LogP contribution in [0.25, 0.3) is 5.65 Å². The first kappa shape index (κ1) is 15.4. The van der Waals surface area contributed by atoms with Crippen molar-refractivity contribution in [1.29, 1.82) is 5.26 Å². The maximum absolute atomic E-state index is 9.78. The zero-order valence-corrected chi connectivity index (χ0v) is 13.7. The summed E-state index contributed by atoms with van der Waals surface area (Å²) in [5.74, 6) is 0.583. The molecule has 7 nitrogen and oxygen atoms in total. The summed E-state index contributed by atoms with van der Waals surface area (Å²) in [4.78, 5) is 4.36. The van der Waals surface area contributed by atoms with Crippen molar-refractivity contribution in [3.05, 3.63) is 48.3 Å². The number of benzene rings is 1. The van der Waals surface area contributed by atoms with Crippen LogP contribution in [-0.2, 0) is 0 Å². The molecule has 3 aromatic rings. The summed E-state index contributed by atoms with van der Waals surface area (Å²) in [6.45, 7) is 1.91. The molecule has 2 aromatic heterocycles. The summed E-state index contributed by atoms with van der Waals surface area (Å²) in [5.41, 5.74) is 2.68. The number of hydrogen-bond acceptors (Lipinski definition) is 6. The third-order valence-corrected chi connectivity index (χ3v) is 4.33. The molecule has 7 heteroatoms. The van der Waals surface area contributed by atoms with Gasteiger partial charge in [0.2, 0.25) is 0 Å². The lowest BCUT2D eigenvalue weighted by Gasteiger charge is -2.25. The van der Waals surface area contributed by atoms with E-state index in [2.05, 4.69) is 32.1 Å². The number of nitriles is 1. The fourth-order valence-corrected chi connectivity index (χ4v) is 3.11.